The van der Waals surface area contributed by atoms with Gasteiger partial charge in [-0.15, -0.1) is 0 Å². The highest BCUT2D eigenvalue weighted by Gasteiger charge is 2.51. The first-order valence-corrected chi connectivity index (χ1v) is 10.3. The van der Waals surface area contributed by atoms with E-state index in [1.165, 1.54) is 23.7 Å². The Morgan fingerprint density at radius 3 is 2.67 bits per heavy atom. The van der Waals surface area contributed by atoms with E-state index < -0.39 is 0 Å². The van der Waals surface area contributed by atoms with Gasteiger partial charge < -0.3 is 9.62 Å². The summed E-state index contributed by atoms with van der Waals surface area (Å²) in [5.41, 5.74) is 6.51. The molecule has 0 aliphatic carbocycles. The van der Waals surface area contributed by atoms with Gasteiger partial charge in [-0.3, -0.25) is 4.79 Å². The Morgan fingerprint density at radius 1 is 1.22 bits per heavy atom. The summed E-state index contributed by atoms with van der Waals surface area (Å²) >= 11 is 1.96. The fourth-order valence-electron chi connectivity index (χ4n) is 4.11. The predicted octanol–water partition coefficient (Wildman–Crippen LogP) is 5.45. The summed E-state index contributed by atoms with van der Waals surface area (Å²) in [6.07, 6.45) is 5.68. The first-order valence-electron chi connectivity index (χ1n) is 9.46. The molecule has 2 unspecified atom stereocenters. The molecule has 140 valence electrons. The van der Waals surface area contributed by atoms with Crippen LogP contribution in [-0.2, 0) is 11.2 Å². The minimum atomic E-state index is -0.0431. The van der Waals surface area contributed by atoms with Crippen LogP contribution in [0.2, 0.25) is 0 Å². The van der Waals surface area contributed by atoms with Crippen molar-refractivity contribution >= 4 is 35.3 Å². The van der Waals surface area contributed by atoms with Crippen LogP contribution in [-0.4, -0.2) is 17.2 Å². The lowest BCUT2D eigenvalue weighted by Crippen LogP contribution is -2.36. The van der Waals surface area contributed by atoms with E-state index in [1.54, 1.807) is 0 Å². The lowest BCUT2D eigenvalue weighted by molar-refractivity contribution is -0.114. The summed E-state index contributed by atoms with van der Waals surface area (Å²) in [4.78, 5) is 11.1. The zero-order chi connectivity index (χ0) is 19.2. The van der Waals surface area contributed by atoms with E-state index in [0.717, 1.165) is 17.7 Å². The van der Waals surface area contributed by atoms with Crippen molar-refractivity contribution in [3.8, 4) is 0 Å². The Balaban J connectivity index is 1.52. The summed E-state index contributed by atoms with van der Waals surface area (Å²) < 4.78 is 2.54. The smallest absolute Gasteiger partial charge is 0.221 e. The van der Waals surface area contributed by atoms with Crippen molar-refractivity contribution in [2.24, 2.45) is 5.41 Å². The number of anilines is 2. The molecule has 0 bridgehead atoms. The van der Waals surface area contributed by atoms with E-state index in [9.17, 15) is 4.79 Å². The zero-order valence-corrected chi connectivity index (χ0v) is 17.1. The van der Waals surface area contributed by atoms with Crippen LogP contribution >= 0.6 is 11.9 Å². The third-order valence-corrected chi connectivity index (χ3v) is 7.49. The normalized spacial score (nSPS) is 22.7. The molecule has 2 aliphatic heterocycles. The molecule has 2 aromatic rings. The number of carbonyl (C=O) groups excluding carboxylic acids is 1. The van der Waals surface area contributed by atoms with Crippen LogP contribution < -0.4 is 9.62 Å². The van der Waals surface area contributed by atoms with Gasteiger partial charge in [0.05, 0.1) is 17.0 Å². The third kappa shape index (κ3) is 3.27. The highest BCUT2D eigenvalue weighted by molar-refractivity contribution is 8.01. The summed E-state index contributed by atoms with van der Waals surface area (Å²) in [6, 6.07) is 15.2. The first-order chi connectivity index (χ1) is 12.9. The molecule has 0 saturated carbocycles. The van der Waals surface area contributed by atoms with Gasteiger partial charge in [-0.1, -0.05) is 50.3 Å². The largest absolute Gasteiger partial charge is 0.326 e. The van der Waals surface area contributed by atoms with E-state index >= 15 is 0 Å². The lowest BCUT2D eigenvalue weighted by atomic mass is 9.79. The molecule has 1 fully saturated rings. The maximum Gasteiger partial charge on any atom is 0.221 e. The number of aryl methyl sites for hydroxylation is 1. The molecule has 1 saturated heterocycles. The third-order valence-electron chi connectivity index (χ3n) is 5.82. The van der Waals surface area contributed by atoms with Gasteiger partial charge in [0.1, 0.15) is 0 Å². The SMILES string of the molecule is CC(=O)Nc1ccc(C=CC2SN3c4cccc(C)c4CC3C2(C)C)cc1. The van der Waals surface area contributed by atoms with Crippen molar-refractivity contribution in [2.75, 3.05) is 9.62 Å². The number of carbonyl (C=O) groups is 1. The number of hydrogen-bond donors (Lipinski definition) is 1. The topological polar surface area (TPSA) is 32.3 Å². The quantitative estimate of drug-likeness (QED) is 0.720. The lowest BCUT2D eigenvalue weighted by Gasteiger charge is -2.28. The van der Waals surface area contributed by atoms with Gasteiger partial charge in [-0.05, 0) is 60.2 Å². The van der Waals surface area contributed by atoms with Gasteiger partial charge in [-0.2, -0.15) is 0 Å². The number of rotatable bonds is 3. The van der Waals surface area contributed by atoms with Crippen molar-refractivity contribution in [1.29, 1.82) is 0 Å². The molecule has 2 heterocycles. The van der Waals surface area contributed by atoms with Crippen molar-refractivity contribution in [2.45, 2.75) is 45.4 Å². The molecular formula is C23H26N2OS. The molecule has 0 aromatic heterocycles. The molecule has 2 atom stereocenters. The second-order valence-electron chi connectivity index (χ2n) is 8.13. The fraction of sp³-hybridized carbons (Fsp3) is 0.348. The van der Waals surface area contributed by atoms with Crippen molar-refractivity contribution in [3.05, 3.63) is 65.2 Å². The molecule has 0 spiro atoms. The number of fused-ring (bicyclic) bond motifs is 3. The summed E-state index contributed by atoms with van der Waals surface area (Å²) in [5.74, 6) is -0.0431. The van der Waals surface area contributed by atoms with Crippen LogP contribution in [0, 0.1) is 12.3 Å². The van der Waals surface area contributed by atoms with Crippen LogP contribution in [0.1, 0.15) is 37.5 Å². The van der Waals surface area contributed by atoms with Crippen molar-refractivity contribution < 1.29 is 4.79 Å². The Kier molecular flexibility index (Phi) is 4.55. The molecule has 1 amide bonds. The average Bonchev–Trinajstić information content (AvgIpc) is 3.10. The average molecular weight is 379 g/mol. The Bertz CT molecular complexity index is 901. The number of amides is 1. The minimum absolute atomic E-state index is 0.0431. The van der Waals surface area contributed by atoms with Crippen LogP contribution in [0.3, 0.4) is 0 Å². The summed E-state index contributed by atoms with van der Waals surface area (Å²) in [5, 5.41) is 3.25. The maximum absolute atomic E-state index is 11.1. The number of nitrogens with zero attached hydrogens (tertiary/aromatic N) is 1. The van der Waals surface area contributed by atoms with Crippen molar-refractivity contribution in [1.82, 2.24) is 0 Å². The molecule has 3 nitrogen and oxygen atoms in total. The molecule has 2 aromatic carbocycles. The Hall–Kier alpha value is -2.20. The molecule has 0 radical (unpaired) electrons. The zero-order valence-electron chi connectivity index (χ0n) is 16.3. The standard InChI is InChI=1S/C23H26N2OS/c1-15-6-5-7-20-19(15)14-21-23(3,4)22(27-25(20)21)13-10-17-8-11-18(12-9-17)24-16(2)26/h5-13,21-22H,14H2,1-4H3,(H,24,26). The molecule has 27 heavy (non-hydrogen) atoms. The highest BCUT2D eigenvalue weighted by atomic mass is 32.2. The minimum Gasteiger partial charge on any atom is -0.326 e. The van der Waals surface area contributed by atoms with Gasteiger partial charge in [-0.25, -0.2) is 0 Å². The van der Waals surface area contributed by atoms with Gasteiger partial charge in [0.2, 0.25) is 5.91 Å². The van der Waals surface area contributed by atoms with Crippen LogP contribution in [0.5, 0.6) is 0 Å². The highest BCUT2D eigenvalue weighted by Crippen LogP contribution is 2.55. The number of benzene rings is 2. The maximum atomic E-state index is 11.1. The summed E-state index contributed by atoms with van der Waals surface area (Å²) in [7, 11) is 0. The van der Waals surface area contributed by atoms with E-state index in [1.807, 2.05) is 36.2 Å². The van der Waals surface area contributed by atoms with Crippen LogP contribution in [0.25, 0.3) is 6.08 Å². The second-order valence-corrected chi connectivity index (χ2v) is 9.24. The van der Waals surface area contributed by atoms with Crippen LogP contribution in [0.15, 0.2) is 48.5 Å². The van der Waals surface area contributed by atoms with Gasteiger partial charge in [0, 0.05) is 18.0 Å². The monoisotopic (exact) mass is 378 g/mol. The molecule has 4 heteroatoms. The van der Waals surface area contributed by atoms with E-state index in [-0.39, 0.29) is 11.3 Å². The van der Waals surface area contributed by atoms with E-state index in [4.69, 9.17) is 0 Å². The second kappa shape index (κ2) is 6.75. The fourth-order valence-corrected chi connectivity index (χ4v) is 5.71. The number of nitrogens with one attached hydrogen (secondary N) is 1. The van der Waals surface area contributed by atoms with E-state index in [2.05, 4.69) is 60.7 Å². The molecular weight excluding hydrogens is 352 g/mol. The molecule has 1 N–H and O–H groups in total. The van der Waals surface area contributed by atoms with Gasteiger partial charge in [0.25, 0.3) is 0 Å². The van der Waals surface area contributed by atoms with Crippen molar-refractivity contribution in [3.63, 3.8) is 0 Å². The molecule has 2 aliphatic rings. The van der Waals surface area contributed by atoms with Gasteiger partial charge >= 0.3 is 0 Å². The Morgan fingerprint density at radius 2 is 1.96 bits per heavy atom. The van der Waals surface area contributed by atoms with Gasteiger partial charge in [0.15, 0.2) is 0 Å². The van der Waals surface area contributed by atoms with Crippen LogP contribution in [0.4, 0.5) is 11.4 Å². The first kappa shape index (κ1) is 18.2. The Labute approximate surface area is 166 Å². The summed E-state index contributed by atoms with van der Waals surface area (Å²) in [6.45, 7) is 8.53. The predicted molar refractivity (Wildman–Crippen MR) is 116 cm³/mol. The molecule has 4 rings (SSSR count). The number of hydrogen-bond acceptors (Lipinski definition) is 3. The van der Waals surface area contributed by atoms with E-state index in [0.29, 0.717) is 11.3 Å².